The smallest absolute Gasteiger partial charge is 0.313 e. The van der Waals surface area contributed by atoms with Gasteiger partial charge in [0.25, 0.3) is 5.91 Å². The van der Waals surface area contributed by atoms with E-state index in [-0.39, 0.29) is 31.8 Å². The lowest BCUT2D eigenvalue weighted by atomic mass is 9.74. The van der Waals surface area contributed by atoms with E-state index in [1.807, 2.05) is 42.5 Å². The normalized spacial score (nSPS) is 31.0. The van der Waals surface area contributed by atoms with E-state index in [4.69, 9.17) is 14.2 Å². The second-order valence-electron chi connectivity index (χ2n) is 12.2. The van der Waals surface area contributed by atoms with Gasteiger partial charge in [-0.2, -0.15) is 0 Å². The van der Waals surface area contributed by atoms with E-state index in [0.29, 0.717) is 17.9 Å². The summed E-state index contributed by atoms with van der Waals surface area (Å²) in [5.74, 6) is -3.13. The van der Waals surface area contributed by atoms with Crippen LogP contribution in [0.2, 0.25) is 0 Å². The molecule has 5 bridgehead atoms. The van der Waals surface area contributed by atoms with Crippen LogP contribution in [0.15, 0.2) is 78.9 Å². The van der Waals surface area contributed by atoms with Gasteiger partial charge in [0, 0.05) is 18.7 Å². The van der Waals surface area contributed by atoms with Crippen molar-refractivity contribution in [1.29, 1.82) is 0 Å². The first kappa shape index (κ1) is 31.5. The summed E-state index contributed by atoms with van der Waals surface area (Å²) < 4.78 is 17.6. The number of aliphatic hydroxyl groups is 1. The maximum Gasteiger partial charge on any atom is 0.313 e. The lowest BCUT2D eigenvalue weighted by molar-refractivity contribution is -0.159. The van der Waals surface area contributed by atoms with Gasteiger partial charge in [-0.15, -0.1) is 0 Å². The number of benzene rings is 2. The highest BCUT2D eigenvalue weighted by molar-refractivity contribution is 6.05. The number of methoxy groups -OCH3 is 1. The molecule has 11 nitrogen and oxygen atoms in total. The van der Waals surface area contributed by atoms with Gasteiger partial charge >= 0.3 is 5.97 Å². The molecule has 2 saturated heterocycles. The first-order chi connectivity index (χ1) is 22.3. The summed E-state index contributed by atoms with van der Waals surface area (Å²) in [6.07, 6.45) is 6.65. The standard InChI is InChI=1S/C35H39N3O8/c1-22-20-36-28(40)11-7-4-8-18-37(24-12-14-26(44-2)15-13-24)33(42)31-35-17-16-27(46-35)29(34(43)45-22)30(35)32(41)38(31)25(21-39)19-23-9-5-3-6-10-23/h3-6,8-10,12-17,22,25,27,29-31,39H,7,11,18-21H2,1-2H3,(H,36,40)/b8-4-/t22-,25-,27+,29-,30-,31+,35-/m1/s1. The van der Waals surface area contributed by atoms with E-state index in [2.05, 4.69) is 5.32 Å². The number of allylic oxidation sites excluding steroid dienone is 1. The Kier molecular flexibility index (Phi) is 8.97. The third-order valence-electron chi connectivity index (χ3n) is 9.28. The van der Waals surface area contributed by atoms with Crippen LogP contribution in [0.3, 0.4) is 0 Å². The summed E-state index contributed by atoms with van der Waals surface area (Å²) in [7, 11) is 1.55. The van der Waals surface area contributed by atoms with Crippen LogP contribution in [0.5, 0.6) is 5.75 Å². The number of amides is 3. The number of fused-ring (bicyclic) bond motifs is 2. The number of likely N-dealkylation sites (tertiary alicyclic amines) is 1. The van der Waals surface area contributed by atoms with Crippen molar-refractivity contribution in [2.75, 3.05) is 31.7 Å². The van der Waals surface area contributed by atoms with Crippen molar-refractivity contribution in [3.05, 3.63) is 84.5 Å². The minimum atomic E-state index is -1.45. The van der Waals surface area contributed by atoms with Crippen molar-refractivity contribution in [1.82, 2.24) is 10.2 Å². The fourth-order valence-electron chi connectivity index (χ4n) is 7.10. The maximum atomic E-state index is 15.0. The molecule has 0 radical (unpaired) electrons. The molecular formula is C35H39N3O8. The van der Waals surface area contributed by atoms with Gasteiger partial charge in [-0.3, -0.25) is 19.2 Å². The zero-order chi connectivity index (χ0) is 32.4. The average Bonchev–Trinajstić information content (AvgIpc) is 3.71. The van der Waals surface area contributed by atoms with Gasteiger partial charge < -0.3 is 34.4 Å². The van der Waals surface area contributed by atoms with Crippen molar-refractivity contribution in [3.8, 4) is 5.75 Å². The van der Waals surface area contributed by atoms with E-state index in [1.54, 1.807) is 55.4 Å². The minimum Gasteiger partial charge on any atom is -0.497 e. The Morgan fingerprint density at radius 2 is 1.80 bits per heavy atom. The van der Waals surface area contributed by atoms with Crippen LogP contribution in [0.1, 0.15) is 25.3 Å². The number of carbonyl (C=O) groups excluding carboxylic acids is 4. The van der Waals surface area contributed by atoms with E-state index < -0.39 is 66.1 Å². The van der Waals surface area contributed by atoms with Crippen molar-refractivity contribution < 1.29 is 38.5 Å². The monoisotopic (exact) mass is 629 g/mol. The number of esters is 1. The number of hydrogen-bond acceptors (Lipinski definition) is 8. The third-order valence-corrected chi connectivity index (χ3v) is 9.28. The van der Waals surface area contributed by atoms with Crippen LogP contribution in [0.4, 0.5) is 5.69 Å². The molecule has 6 rings (SSSR count). The van der Waals surface area contributed by atoms with Crippen molar-refractivity contribution in [2.24, 2.45) is 11.8 Å². The second kappa shape index (κ2) is 13.1. The number of nitrogens with zero attached hydrogens (tertiary/aromatic N) is 2. The molecule has 2 fully saturated rings. The SMILES string of the molecule is COc1ccc(N2C/C=C\CCC(=O)NC[C@@H](C)OC(=O)[C@@H]3[C@@H]4C=C[C@]5(O4)[C@H](C2=O)N([C@@H](CO)Cc2ccccc2)C(=O)[C@@H]35)cc1. The summed E-state index contributed by atoms with van der Waals surface area (Å²) in [6.45, 7) is 1.53. The highest BCUT2D eigenvalue weighted by Gasteiger charge is 2.74. The molecule has 0 aliphatic carbocycles. The summed E-state index contributed by atoms with van der Waals surface area (Å²) in [6, 6.07) is 14.5. The lowest BCUT2D eigenvalue weighted by Crippen LogP contribution is -2.59. The molecule has 4 aliphatic rings. The fraction of sp³-hybridized carbons (Fsp3) is 0.429. The molecule has 46 heavy (non-hydrogen) atoms. The number of carbonyl (C=O) groups is 4. The molecule has 2 aromatic rings. The van der Waals surface area contributed by atoms with Gasteiger partial charge in [0.05, 0.1) is 38.3 Å². The van der Waals surface area contributed by atoms with Gasteiger partial charge in [0.1, 0.15) is 29.4 Å². The van der Waals surface area contributed by atoms with Crippen LogP contribution < -0.4 is 15.0 Å². The number of hydrogen-bond donors (Lipinski definition) is 2. The molecule has 0 unspecified atom stereocenters. The van der Waals surface area contributed by atoms with Crippen LogP contribution in [0, 0.1) is 11.8 Å². The zero-order valence-electron chi connectivity index (χ0n) is 25.9. The van der Waals surface area contributed by atoms with Crippen LogP contribution in [-0.2, 0) is 35.1 Å². The minimum absolute atomic E-state index is 0.119. The van der Waals surface area contributed by atoms with Crippen molar-refractivity contribution >= 4 is 29.4 Å². The van der Waals surface area contributed by atoms with Gasteiger partial charge in [0.2, 0.25) is 11.8 Å². The summed E-state index contributed by atoms with van der Waals surface area (Å²) in [5, 5.41) is 13.5. The molecule has 1 spiro atoms. The predicted molar refractivity (Wildman–Crippen MR) is 168 cm³/mol. The zero-order valence-corrected chi connectivity index (χ0v) is 25.9. The number of cyclic esters (lactones) is 1. The second-order valence-corrected chi connectivity index (χ2v) is 12.2. The summed E-state index contributed by atoms with van der Waals surface area (Å²) in [4.78, 5) is 58.7. The fourth-order valence-corrected chi connectivity index (χ4v) is 7.10. The maximum absolute atomic E-state index is 15.0. The average molecular weight is 630 g/mol. The van der Waals surface area contributed by atoms with Gasteiger partial charge in [0.15, 0.2) is 0 Å². The Bertz CT molecular complexity index is 1530. The number of rotatable bonds is 6. The summed E-state index contributed by atoms with van der Waals surface area (Å²) in [5.41, 5.74) is -0.0118. The largest absolute Gasteiger partial charge is 0.497 e. The number of aliphatic hydroxyl groups excluding tert-OH is 1. The Morgan fingerprint density at radius 1 is 1.04 bits per heavy atom. The topological polar surface area (TPSA) is 135 Å². The first-order valence-electron chi connectivity index (χ1n) is 15.7. The predicted octanol–water partition coefficient (Wildman–Crippen LogP) is 2.18. The number of nitrogens with one attached hydrogen (secondary N) is 1. The summed E-state index contributed by atoms with van der Waals surface area (Å²) >= 11 is 0. The Labute approximate surface area is 267 Å². The lowest BCUT2D eigenvalue weighted by Gasteiger charge is -2.39. The third kappa shape index (κ3) is 5.69. The highest BCUT2D eigenvalue weighted by Crippen LogP contribution is 2.56. The van der Waals surface area contributed by atoms with E-state index in [0.717, 1.165) is 5.56 Å². The molecule has 2 N–H and O–H groups in total. The first-order valence-corrected chi connectivity index (χ1v) is 15.7. The molecule has 2 aromatic carbocycles. The molecule has 242 valence electrons. The highest BCUT2D eigenvalue weighted by atomic mass is 16.6. The molecule has 0 saturated carbocycles. The van der Waals surface area contributed by atoms with E-state index in [9.17, 15) is 24.3 Å². The van der Waals surface area contributed by atoms with Crippen LogP contribution in [-0.4, -0.2) is 90.4 Å². The number of anilines is 1. The Balaban J connectivity index is 1.46. The van der Waals surface area contributed by atoms with Crippen LogP contribution in [0.25, 0.3) is 0 Å². The van der Waals surface area contributed by atoms with Gasteiger partial charge in [-0.1, -0.05) is 54.6 Å². The van der Waals surface area contributed by atoms with Crippen LogP contribution >= 0.6 is 0 Å². The Hall–Kier alpha value is -4.48. The van der Waals surface area contributed by atoms with Crippen molar-refractivity contribution in [3.63, 3.8) is 0 Å². The molecule has 4 aliphatic heterocycles. The Morgan fingerprint density at radius 3 is 2.52 bits per heavy atom. The van der Waals surface area contributed by atoms with E-state index >= 15 is 0 Å². The van der Waals surface area contributed by atoms with Gasteiger partial charge in [-0.25, -0.2) is 0 Å². The number of ether oxygens (including phenoxy) is 3. The van der Waals surface area contributed by atoms with Crippen molar-refractivity contribution in [2.45, 2.75) is 56.1 Å². The molecular weight excluding hydrogens is 590 g/mol. The molecule has 7 atom stereocenters. The molecule has 4 heterocycles. The van der Waals surface area contributed by atoms with Gasteiger partial charge in [-0.05, 0) is 49.6 Å². The quantitative estimate of drug-likeness (QED) is 0.367. The molecule has 3 amide bonds. The van der Waals surface area contributed by atoms with E-state index in [1.165, 1.54) is 4.90 Å². The molecule has 11 heteroatoms. The molecule has 0 aromatic heterocycles.